The third-order valence-corrected chi connectivity index (χ3v) is 7.43. The van der Waals surface area contributed by atoms with Gasteiger partial charge in [-0.05, 0) is 25.1 Å². The smallest absolute Gasteiger partial charge is 0.295 e. The van der Waals surface area contributed by atoms with Crippen molar-refractivity contribution in [2.24, 2.45) is 5.10 Å². The summed E-state index contributed by atoms with van der Waals surface area (Å²) in [4.78, 5) is 16.8. The largest absolute Gasteiger partial charge is 0.361 e. The van der Waals surface area contributed by atoms with Gasteiger partial charge >= 0.3 is 0 Å². The van der Waals surface area contributed by atoms with Crippen LogP contribution in [0.5, 0.6) is 0 Å². The zero-order valence-corrected chi connectivity index (χ0v) is 18.2. The van der Waals surface area contributed by atoms with Gasteiger partial charge in [-0.25, -0.2) is 13.8 Å². The average molecular weight is 441 g/mol. The predicted octanol–water partition coefficient (Wildman–Crippen LogP) is 0.516. The Morgan fingerprint density at radius 1 is 1.16 bits per heavy atom. The van der Waals surface area contributed by atoms with Gasteiger partial charge in [-0.1, -0.05) is 35.9 Å². The van der Waals surface area contributed by atoms with E-state index >= 15 is 0 Å². The van der Waals surface area contributed by atoms with Crippen molar-refractivity contribution >= 4 is 33.0 Å². The summed E-state index contributed by atoms with van der Waals surface area (Å²) in [5, 5.41) is 5.11. The van der Waals surface area contributed by atoms with Crippen molar-refractivity contribution in [3.63, 3.8) is 0 Å². The normalized spacial score (nSPS) is 16.2. The van der Waals surface area contributed by atoms with Gasteiger partial charge in [0.25, 0.3) is 5.91 Å². The molecule has 0 unspecified atom stereocenters. The molecule has 2 aromatic carbocycles. The van der Waals surface area contributed by atoms with E-state index in [1.807, 2.05) is 37.4 Å². The van der Waals surface area contributed by atoms with E-state index in [9.17, 15) is 13.2 Å². The summed E-state index contributed by atoms with van der Waals surface area (Å²) in [7, 11) is -3.50. The Hall–Kier alpha value is -3.01. The molecular weight excluding hydrogens is 414 g/mol. The number of piperazine rings is 1. The van der Waals surface area contributed by atoms with E-state index in [2.05, 4.69) is 15.5 Å². The van der Waals surface area contributed by atoms with E-state index in [1.165, 1.54) is 4.31 Å². The molecule has 1 aliphatic heterocycles. The maximum atomic E-state index is 12.8. The number of nitrogens with zero attached hydrogens (tertiary/aromatic N) is 2. The number of rotatable bonds is 6. The zero-order chi connectivity index (χ0) is 21.8. The number of hydrogen-bond acceptors (Lipinski definition) is 4. The van der Waals surface area contributed by atoms with Crippen molar-refractivity contribution < 1.29 is 18.1 Å². The van der Waals surface area contributed by atoms with Crippen LogP contribution in [0.3, 0.4) is 0 Å². The van der Waals surface area contributed by atoms with Gasteiger partial charge < -0.3 is 9.88 Å². The molecule has 31 heavy (non-hydrogen) atoms. The topological polar surface area (TPSA) is 99.1 Å². The Morgan fingerprint density at radius 3 is 2.61 bits per heavy atom. The van der Waals surface area contributed by atoms with Crippen LogP contribution in [-0.4, -0.2) is 62.6 Å². The van der Waals surface area contributed by atoms with Crippen molar-refractivity contribution in [3.8, 4) is 0 Å². The maximum Gasteiger partial charge on any atom is 0.295 e. The summed E-state index contributed by atoms with van der Waals surface area (Å²) in [6.45, 7) is 4.10. The van der Waals surface area contributed by atoms with E-state index in [0.29, 0.717) is 31.1 Å². The number of carbonyl (C=O) groups excluding carboxylic acids is 1. The SMILES string of the molecule is Cc1ccc(S(=O)(=O)N2CC[NH+](CC(=O)N/N=C/c3c[nH]c4ccccc34)CC2)cc1. The molecule has 4 rings (SSSR count). The first-order chi connectivity index (χ1) is 14.9. The molecule has 9 heteroatoms. The van der Waals surface area contributed by atoms with Crippen LogP contribution in [0.2, 0.25) is 0 Å². The standard InChI is InChI=1S/C22H25N5O3S/c1-17-6-8-19(9-7-17)31(29,30)27-12-10-26(11-13-27)16-22(28)25-24-15-18-14-23-21-5-3-2-4-20(18)21/h2-9,14-15,23H,10-13,16H2,1H3,(H,25,28)/p+1/b24-15+. The molecule has 0 spiro atoms. The number of para-hydroxylation sites is 1. The molecular formula is C22H26N5O3S+. The Labute approximate surface area is 181 Å². The second kappa shape index (κ2) is 9.01. The zero-order valence-electron chi connectivity index (χ0n) is 17.3. The number of hydrazone groups is 1. The van der Waals surface area contributed by atoms with Crippen LogP contribution in [0.15, 0.2) is 64.7 Å². The van der Waals surface area contributed by atoms with Crippen LogP contribution in [-0.2, 0) is 14.8 Å². The molecule has 1 aromatic heterocycles. The number of sulfonamides is 1. The predicted molar refractivity (Wildman–Crippen MR) is 120 cm³/mol. The van der Waals surface area contributed by atoms with Crippen LogP contribution in [0, 0.1) is 6.92 Å². The fraction of sp³-hybridized carbons (Fsp3) is 0.273. The number of H-pyrrole nitrogens is 1. The van der Waals surface area contributed by atoms with Crippen molar-refractivity contribution in [1.29, 1.82) is 0 Å². The summed E-state index contributed by atoms with van der Waals surface area (Å²) < 4.78 is 27.1. The lowest BCUT2D eigenvalue weighted by Crippen LogP contribution is -3.15. The third-order valence-electron chi connectivity index (χ3n) is 5.51. The fourth-order valence-electron chi connectivity index (χ4n) is 3.72. The Bertz CT molecular complexity index is 1190. The number of hydrogen-bond donors (Lipinski definition) is 3. The van der Waals surface area contributed by atoms with Gasteiger partial charge in [0, 0.05) is 22.7 Å². The van der Waals surface area contributed by atoms with Crippen LogP contribution >= 0.6 is 0 Å². The van der Waals surface area contributed by atoms with Gasteiger partial charge in [-0.3, -0.25) is 4.79 Å². The monoisotopic (exact) mass is 440 g/mol. The molecule has 8 nitrogen and oxygen atoms in total. The number of benzene rings is 2. The first-order valence-corrected chi connectivity index (χ1v) is 11.7. The number of nitrogens with one attached hydrogen (secondary N) is 3. The van der Waals surface area contributed by atoms with Crippen molar-refractivity contribution in [2.75, 3.05) is 32.7 Å². The van der Waals surface area contributed by atoms with Crippen LogP contribution in [0.25, 0.3) is 10.9 Å². The molecule has 1 fully saturated rings. The van der Waals surface area contributed by atoms with Gasteiger partial charge in [-0.15, -0.1) is 0 Å². The minimum Gasteiger partial charge on any atom is -0.361 e. The highest BCUT2D eigenvalue weighted by atomic mass is 32.2. The quantitative estimate of drug-likeness (QED) is 0.385. The molecule has 0 saturated carbocycles. The van der Waals surface area contributed by atoms with E-state index in [4.69, 9.17) is 0 Å². The van der Waals surface area contributed by atoms with E-state index in [-0.39, 0.29) is 12.5 Å². The van der Waals surface area contributed by atoms with Crippen molar-refractivity contribution in [3.05, 3.63) is 65.9 Å². The highest BCUT2D eigenvalue weighted by molar-refractivity contribution is 7.89. The molecule has 3 N–H and O–H groups in total. The van der Waals surface area contributed by atoms with Gasteiger partial charge in [0.2, 0.25) is 10.0 Å². The molecule has 0 bridgehead atoms. The second-order valence-corrected chi connectivity index (χ2v) is 9.66. The second-order valence-electron chi connectivity index (χ2n) is 7.73. The molecule has 1 amide bonds. The first kappa shape index (κ1) is 21.2. The lowest BCUT2D eigenvalue weighted by atomic mass is 10.2. The molecule has 0 aliphatic carbocycles. The van der Waals surface area contributed by atoms with E-state index in [1.54, 1.807) is 30.5 Å². The Balaban J connectivity index is 1.27. The highest BCUT2D eigenvalue weighted by Gasteiger charge is 2.31. The molecule has 0 radical (unpaired) electrons. The molecule has 162 valence electrons. The van der Waals surface area contributed by atoms with E-state index < -0.39 is 10.0 Å². The van der Waals surface area contributed by atoms with Crippen molar-refractivity contribution in [1.82, 2.24) is 14.7 Å². The van der Waals surface area contributed by atoms with Crippen LogP contribution in [0.1, 0.15) is 11.1 Å². The number of quaternary nitrogens is 1. The number of amides is 1. The Kier molecular flexibility index (Phi) is 6.17. The number of aromatic nitrogens is 1. The molecule has 3 aromatic rings. The summed E-state index contributed by atoms with van der Waals surface area (Å²) in [5.74, 6) is -0.194. The minimum absolute atomic E-state index is 0.194. The van der Waals surface area contributed by atoms with E-state index in [0.717, 1.165) is 26.9 Å². The summed E-state index contributed by atoms with van der Waals surface area (Å²) in [6, 6.07) is 14.8. The summed E-state index contributed by atoms with van der Waals surface area (Å²) in [6.07, 6.45) is 3.47. The highest BCUT2D eigenvalue weighted by Crippen LogP contribution is 2.16. The number of fused-ring (bicyclic) bond motifs is 1. The lowest BCUT2D eigenvalue weighted by Gasteiger charge is -2.31. The van der Waals surface area contributed by atoms with Crippen molar-refractivity contribution in [2.45, 2.75) is 11.8 Å². The van der Waals surface area contributed by atoms with Gasteiger partial charge in [-0.2, -0.15) is 9.41 Å². The average Bonchev–Trinajstić information content (AvgIpc) is 3.18. The Morgan fingerprint density at radius 2 is 1.87 bits per heavy atom. The minimum atomic E-state index is -3.50. The van der Waals surface area contributed by atoms with Gasteiger partial charge in [0.15, 0.2) is 6.54 Å². The molecule has 0 atom stereocenters. The lowest BCUT2D eigenvalue weighted by molar-refractivity contribution is -0.895. The van der Waals surface area contributed by atoms with Gasteiger partial charge in [0.05, 0.1) is 37.3 Å². The summed E-state index contributed by atoms with van der Waals surface area (Å²) >= 11 is 0. The number of aryl methyl sites for hydroxylation is 1. The van der Waals surface area contributed by atoms with Crippen LogP contribution in [0.4, 0.5) is 0 Å². The molecule has 1 saturated heterocycles. The summed E-state index contributed by atoms with van der Waals surface area (Å²) in [5.41, 5.74) is 5.50. The fourth-order valence-corrected chi connectivity index (χ4v) is 5.16. The third kappa shape index (κ3) is 4.84. The maximum absolute atomic E-state index is 12.8. The number of carbonyl (C=O) groups is 1. The number of aromatic amines is 1. The van der Waals surface area contributed by atoms with Gasteiger partial charge in [0.1, 0.15) is 0 Å². The molecule has 2 heterocycles. The first-order valence-electron chi connectivity index (χ1n) is 10.2. The molecule has 1 aliphatic rings. The van der Waals surface area contributed by atoms with Crippen LogP contribution < -0.4 is 10.3 Å².